The van der Waals surface area contributed by atoms with Crippen LogP contribution in [0.25, 0.3) is 0 Å². The lowest BCUT2D eigenvalue weighted by Crippen LogP contribution is -3.12. The molecule has 1 aromatic heterocycles. The van der Waals surface area contributed by atoms with Crippen molar-refractivity contribution < 1.29 is 14.4 Å². The van der Waals surface area contributed by atoms with E-state index in [1.54, 1.807) is 18.2 Å². The second-order valence-electron chi connectivity index (χ2n) is 5.93. The van der Waals surface area contributed by atoms with Gasteiger partial charge in [0, 0.05) is 7.05 Å². The minimum atomic E-state index is -0.201. The van der Waals surface area contributed by atoms with Crippen LogP contribution in [0.4, 0.5) is 5.69 Å². The van der Waals surface area contributed by atoms with Crippen molar-refractivity contribution in [3.63, 3.8) is 0 Å². The van der Waals surface area contributed by atoms with Gasteiger partial charge >= 0.3 is 0 Å². The second kappa shape index (κ2) is 9.05. The van der Waals surface area contributed by atoms with E-state index in [4.69, 9.17) is 27.9 Å². The van der Waals surface area contributed by atoms with Crippen LogP contribution in [0.2, 0.25) is 10.0 Å². The Morgan fingerprint density at radius 3 is 2.69 bits per heavy atom. The summed E-state index contributed by atoms with van der Waals surface area (Å²) in [5, 5.41) is 12.7. The lowest BCUT2D eigenvalue weighted by atomic mass is 10.3. The molecule has 2 aromatic rings. The van der Waals surface area contributed by atoms with Gasteiger partial charge < -0.3 is 19.5 Å². The van der Waals surface area contributed by atoms with E-state index in [1.165, 1.54) is 16.7 Å². The van der Waals surface area contributed by atoms with E-state index in [-0.39, 0.29) is 11.7 Å². The maximum atomic E-state index is 12.2. The number of nitrogens with one attached hydrogen (secondary N) is 2. The molecule has 0 spiro atoms. The van der Waals surface area contributed by atoms with Crippen molar-refractivity contribution in [2.75, 3.05) is 37.4 Å². The SMILES string of the molecule is Cn1c(C[NH+]2CCOCC2)nnc1SCC(=O)Nc1c(Cl)cccc1Cl. The molecular formula is C16H20Cl2N5O2S+. The number of hydrogen-bond donors (Lipinski definition) is 2. The topological polar surface area (TPSA) is 73.5 Å². The summed E-state index contributed by atoms with van der Waals surface area (Å²) in [6.07, 6.45) is 0. The number of hydrogen-bond acceptors (Lipinski definition) is 5. The number of rotatable bonds is 6. The highest BCUT2D eigenvalue weighted by Gasteiger charge is 2.19. The summed E-state index contributed by atoms with van der Waals surface area (Å²) in [7, 11) is 1.92. The van der Waals surface area contributed by atoms with Gasteiger partial charge in [0.1, 0.15) is 19.6 Å². The molecule has 1 aromatic carbocycles. The predicted molar refractivity (Wildman–Crippen MR) is 102 cm³/mol. The van der Waals surface area contributed by atoms with Crippen LogP contribution in [0.15, 0.2) is 23.4 Å². The Bertz CT molecular complexity index is 760. The largest absolute Gasteiger partial charge is 0.370 e. The van der Waals surface area contributed by atoms with Gasteiger partial charge in [0.15, 0.2) is 11.0 Å². The Morgan fingerprint density at radius 1 is 1.31 bits per heavy atom. The first-order valence-electron chi connectivity index (χ1n) is 8.21. The molecule has 0 unspecified atom stereocenters. The van der Waals surface area contributed by atoms with Crippen LogP contribution in [0.3, 0.4) is 0 Å². The van der Waals surface area contributed by atoms with Crippen LogP contribution in [-0.4, -0.2) is 52.7 Å². The quantitative estimate of drug-likeness (QED) is 0.693. The van der Waals surface area contributed by atoms with Crippen LogP contribution >= 0.6 is 35.0 Å². The number of halogens is 2. The molecule has 26 heavy (non-hydrogen) atoms. The van der Waals surface area contributed by atoms with Crippen molar-refractivity contribution in [2.45, 2.75) is 11.7 Å². The third-order valence-electron chi connectivity index (χ3n) is 4.09. The van der Waals surface area contributed by atoms with Gasteiger partial charge in [-0.3, -0.25) is 4.79 Å². The van der Waals surface area contributed by atoms with Crippen LogP contribution in [0, 0.1) is 0 Å². The van der Waals surface area contributed by atoms with E-state index >= 15 is 0 Å². The molecule has 2 heterocycles. The number of quaternary nitrogens is 1. The summed E-state index contributed by atoms with van der Waals surface area (Å²) in [6, 6.07) is 5.09. The number of carbonyl (C=O) groups excluding carboxylic acids is 1. The number of thioether (sulfide) groups is 1. The minimum Gasteiger partial charge on any atom is -0.370 e. The molecule has 1 saturated heterocycles. The molecule has 7 nitrogen and oxygen atoms in total. The fraction of sp³-hybridized carbons (Fsp3) is 0.438. The Labute approximate surface area is 166 Å². The van der Waals surface area contributed by atoms with Gasteiger partial charge in [-0.2, -0.15) is 0 Å². The van der Waals surface area contributed by atoms with E-state index in [1.807, 2.05) is 11.6 Å². The lowest BCUT2D eigenvalue weighted by Gasteiger charge is -2.23. The lowest BCUT2D eigenvalue weighted by molar-refractivity contribution is -0.922. The van der Waals surface area contributed by atoms with Gasteiger partial charge in [0.25, 0.3) is 0 Å². The molecule has 0 radical (unpaired) electrons. The van der Waals surface area contributed by atoms with Crippen LogP contribution in [0.1, 0.15) is 5.82 Å². The second-order valence-corrected chi connectivity index (χ2v) is 7.69. The maximum absolute atomic E-state index is 12.2. The standard InChI is InChI=1S/C16H19Cl2N5O2S/c1-22-13(9-23-5-7-25-8-6-23)20-21-16(22)26-10-14(24)19-15-11(17)3-2-4-12(15)18/h2-4H,5-10H2,1H3,(H,19,24)/p+1. The highest BCUT2D eigenvalue weighted by atomic mass is 35.5. The van der Waals surface area contributed by atoms with Gasteiger partial charge in [0.05, 0.1) is 34.7 Å². The molecule has 1 aliphatic rings. The van der Waals surface area contributed by atoms with E-state index < -0.39 is 0 Å². The van der Waals surface area contributed by atoms with Gasteiger partial charge in [0.2, 0.25) is 5.91 Å². The summed E-state index contributed by atoms with van der Waals surface area (Å²) in [5.74, 6) is 0.894. The Hall–Kier alpha value is -1.32. The third kappa shape index (κ3) is 4.89. The van der Waals surface area contributed by atoms with Gasteiger partial charge in [-0.15, -0.1) is 10.2 Å². The first-order chi connectivity index (χ1) is 12.5. The number of aromatic nitrogens is 3. The van der Waals surface area contributed by atoms with E-state index in [0.717, 1.165) is 38.7 Å². The molecule has 0 saturated carbocycles. The number of ether oxygens (including phenoxy) is 1. The molecule has 3 rings (SSSR count). The summed E-state index contributed by atoms with van der Waals surface area (Å²) < 4.78 is 7.31. The maximum Gasteiger partial charge on any atom is 0.234 e. The number of morpholine rings is 1. The van der Waals surface area contributed by atoms with Crippen molar-refractivity contribution in [1.82, 2.24) is 14.8 Å². The number of benzene rings is 1. The molecule has 10 heteroatoms. The van der Waals surface area contributed by atoms with Crippen molar-refractivity contribution in [1.29, 1.82) is 0 Å². The highest BCUT2D eigenvalue weighted by molar-refractivity contribution is 7.99. The van der Waals surface area contributed by atoms with Crippen molar-refractivity contribution in [3.05, 3.63) is 34.1 Å². The van der Waals surface area contributed by atoms with E-state index in [2.05, 4.69) is 15.5 Å². The number of amides is 1. The van der Waals surface area contributed by atoms with Crippen molar-refractivity contribution in [2.24, 2.45) is 7.05 Å². The zero-order valence-electron chi connectivity index (χ0n) is 14.3. The van der Waals surface area contributed by atoms with Gasteiger partial charge in [-0.1, -0.05) is 41.0 Å². The molecule has 0 aliphatic carbocycles. The molecule has 140 valence electrons. The summed E-state index contributed by atoms with van der Waals surface area (Å²) in [6.45, 7) is 4.29. The third-order valence-corrected chi connectivity index (χ3v) is 5.74. The zero-order valence-corrected chi connectivity index (χ0v) is 16.6. The van der Waals surface area contributed by atoms with Crippen LogP contribution < -0.4 is 10.2 Å². The predicted octanol–water partition coefficient (Wildman–Crippen LogP) is 1.27. The first kappa shape index (κ1) is 19.4. The molecule has 1 aliphatic heterocycles. The molecule has 0 bridgehead atoms. The van der Waals surface area contributed by atoms with Gasteiger partial charge in [-0.05, 0) is 12.1 Å². The number of nitrogens with zero attached hydrogens (tertiary/aromatic N) is 3. The molecule has 1 fully saturated rings. The van der Waals surface area contributed by atoms with Crippen LogP contribution in [0.5, 0.6) is 0 Å². The minimum absolute atomic E-state index is 0.192. The van der Waals surface area contributed by atoms with E-state index in [0.29, 0.717) is 20.9 Å². The molecule has 1 amide bonds. The smallest absolute Gasteiger partial charge is 0.234 e. The number of carbonyl (C=O) groups is 1. The normalized spacial score (nSPS) is 15.2. The Kier molecular flexibility index (Phi) is 6.77. The summed E-state index contributed by atoms with van der Waals surface area (Å²) in [5.41, 5.74) is 0.427. The monoisotopic (exact) mass is 416 g/mol. The molecule has 2 N–H and O–H groups in total. The summed E-state index contributed by atoms with van der Waals surface area (Å²) >= 11 is 13.5. The molecule has 0 atom stereocenters. The number of anilines is 1. The van der Waals surface area contributed by atoms with Crippen LogP contribution in [-0.2, 0) is 23.1 Å². The van der Waals surface area contributed by atoms with E-state index in [9.17, 15) is 4.79 Å². The first-order valence-corrected chi connectivity index (χ1v) is 9.95. The fourth-order valence-corrected chi connectivity index (χ4v) is 3.83. The Balaban J connectivity index is 1.55. The fourth-order valence-electron chi connectivity index (χ4n) is 2.61. The highest BCUT2D eigenvalue weighted by Crippen LogP contribution is 2.30. The van der Waals surface area contributed by atoms with Gasteiger partial charge in [-0.25, -0.2) is 0 Å². The number of para-hydroxylation sites is 1. The molecular weight excluding hydrogens is 397 g/mol. The van der Waals surface area contributed by atoms with Crippen molar-refractivity contribution >= 4 is 46.6 Å². The van der Waals surface area contributed by atoms with Crippen molar-refractivity contribution in [3.8, 4) is 0 Å². The summed E-state index contributed by atoms with van der Waals surface area (Å²) in [4.78, 5) is 13.6. The average molecular weight is 417 g/mol. The zero-order chi connectivity index (χ0) is 18.5. The average Bonchev–Trinajstić information content (AvgIpc) is 2.97. The Morgan fingerprint density at radius 2 is 2.00 bits per heavy atom.